The monoisotopic (exact) mass is 384 g/mol. The number of sulfonamides is 1. The van der Waals surface area contributed by atoms with Crippen LogP contribution in [0.2, 0.25) is 10.0 Å². The van der Waals surface area contributed by atoms with Crippen molar-refractivity contribution in [3.05, 3.63) is 28.2 Å². The van der Waals surface area contributed by atoms with E-state index in [2.05, 4.69) is 5.32 Å². The highest BCUT2D eigenvalue weighted by Crippen LogP contribution is 2.32. The Hall–Kier alpha value is -0.0400. The molecule has 2 aliphatic rings. The lowest BCUT2D eigenvalue weighted by atomic mass is 10.0. The van der Waals surface area contributed by atoms with E-state index in [0.29, 0.717) is 17.1 Å². The first kappa shape index (κ1) is 18.3. The van der Waals surface area contributed by atoms with Gasteiger partial charge in [0, 0.05) is 25.2 Å². The summed E-state index contributed by atoms with van der Waals surface area (Å²) in [5, 5.41) is 4.14. The van der Waals surface area contributed by atoms with Gasteiger partial charge in [-0.1, -0.05) is 23.2 Å². The van der Waals surface area contributed by atoms with E-state index in [4.69, 9.17) is 23.2 Å². The molecule has 2 heterocycles. The van der Waals surface area contributed by atoms with Crippen molar-refractivity contribution in [2.75, 3.05) is 7.05 Å². The van der Waals surface area contributed by atoms with Crippen LogP contribution in [0, 0.1) is 0 Å². The normalized spacial score (nSPS) is 27.7. The van der Waals surface area contributed by atoms with Crippen LogP contribution in [0.3, 0.4) is 0 Å². The molecule has 124 valence electrons. The second-order valence-corrected chi connectivity index (χ2v) is 8.67. The van der Waals surface area contributed by atoms with Crippen LogP contribution in [-0.4, -0.2) is 37.9 Å². The number of piperidine rings is 1. The lowest BCUT2D eigenvalue weighted by molar-refractivity contribution is 0.251. The van der Waals surface area contributed by atoms with Crippen LogP contribution in [0.15, 0.2) is 23.1 Å². The van der Waals surface area contributed by atoms with Crippen LogP contribution < -0.4 is 5.32 Å². The van der Waals surface area contributed by atoms with Gasteiger partial charge in [0.1, 0.15) is 0 Å². The Morgan fingerprint density at radius 1 is 1.14 bits per heavy atom. The van der Waals surface area contributed by atoms with Crippen LogP contribution in [0.1, 0.15) is 25.7 Å². The molecule has 0 aliphatic carbocycles. The number of halogens is 3. The second kappa shape index (κ2) is 6.83. The van der Waals surface area contributed by atoms with Gasteiger partial charge in [0.25, 0.3) is 0 Å². The Morgan fingerprint density at radius 3 is 2.27 bits per heavy atom. The lowest BCUT2D eigenvalue weighted by Gasteiger charge is -2.34. The number of nitrogens with one attached hydrogen (secondary N) is 1. The third-order valence-corrected chi connectivity index (χ3v) is 7.18. The Morgan fingerprint density at radius 2 is 1.73 bits per heavy atom. The van der Waals surface area contributed by atoms with E-state index in [9.17, 15) is 8.42 Å². The van der Waals surface area contributed by atoms with Crippen molar-refractivity contribution in [3.63, 3.8) is 0 Å². The SMILES string of the molecule is CN(C1CC2CCC(C1)N2)S(=O)(=O)c1ccc(Cl)c(Cl)c1.Cl. The minimum atomic E-state index is -3.53. The summed E-state index contributed by atoms with van der Waals surface area (Å²) in [5.74, 6) is 0. The van der Waals surface area contributed by atoms with E-state index < -0.39 is 10.0 Å². The minimum Gasteiger partial charge on any atom is -0.311 e. The highest BCUT2D eigenvalue weighted by atomic mass is 35.5. The van der Waals surface area contributed by atoms with Crippen molar-refractivity contribution < 1.29 is 8.42 Å². The van der Waals surface area contributed by atoms with Crippen molar-refractivity contribution in [2.45, 2.75) is 48.7 Å². The molecule has 2 aliphatic heterocycles. The number of hydrogen-bond acceptors (Lipinski definition) is 3. The first-order valence-electron chi connectivity index (χ1n) is 7.07. The molecule has 2 saturated heterocycles. The first-order chi connectivity index (χ1) is 9.88. The predicted molar refractivity (Wildman–Crippen MR) is 91.6 cm³/mol. The third kappa shape index (κ3) is 3.40. The lowest BCUT2D eigenvalue weighted by Crippen LogP contribution is -2.48. The molecule has 0 radical (unpaired) electrons. The summed E-state index contributed by atoms with van der Waals surface area (Å²) < 4.78 is 27.0. The molecule has 8 heteroatoms. The van der Waals surface area contributed by atoms with Crippen molar-refractivity contribution >= 4 is 45.6 Å². The van der Waals surface area contributed by atoms with Gasteiger partial charge in [-0.2, -0.15) is 4.31 Å². The topological polar surface area (TPSA) is 49.4 Å². The van der Waals surface area contributed by atoms with Crippen molar-refractivity contribution in [2.24, 2.45) is 0 Å². The van der Waals surface area contributed by atoms with Gasteiger partial charge >= 0.3 is 0 Å². The quantitative estimate of drug-likeness (QED) is 0.868. The van der Waals surface area contributed by atoms with Gasteiger partial charge in [-0.15, -0.1) is 12.4 Å². The van der Waals surface area contributed by atoms with Gasteiger partial charge in [0.05, 0.1) is 14.9 Å². The van der Waals surface area contributed by atoms with Crippen LogP contribution >= 0.6 is 35.6 Å². The average Bonchev–Trinajstić information content (AvgIpc) is 2.79. The maximum Gasteiger partial charge on any atom is 0.243 e. The van der Waals surface area contributed by atoms with Gasteiger partial charge in [-0.25, -0.2) is 8.42 Å². The van der Waals surface area contributed by atoms with Crippen LogP contribution in [0.5, 0.6) is 0 Å². The molecule has 0 amide bonds. The molecule has 3 rings (SSSR count). The smallest absolute Gasteiger partial charge is 0.243 e. The molecule has 2 fully saturated rings. The molecule has 1 aromatic rings. The van der Waals surface area contributed by atoms with E-state index in [1.807, 2.05) is 0 Å². The molecule has 0 saturated carbocycles. The zero-order valence-electron chi connectivity index (χ0n) is 12.1. The summed E-state index contributed by atoms with van der Waals surface area (Å²) in [6.07, 6.45) is 4.02. The molecule has 0 aromatic heterocycles. The summed E-state index contributed by atoms with van der Waals surface area (Å²) in [6.45, 7) is 0. The summed E-state index contributed by atoms with van der Waals surface area (Å²) >= 11 is 11.8. The minimum absolute atomic E-state index is 0. The third-order valence-electron chi connectivity index (χ3n) is 4.53. The fourth-order valence-electron chi connectivity index (χ4n) is 3.32. The number of rotatable bonds is 3. The van der Waals surface area contributed by atoms with Crippen LogP contribution in [0.4, 0.5) is 0 Å². The zero-order valence-corrected chi connectivity index (χ0v) is 15.3. The molecule has 22 heavy (non-hydrogen) atoms. The van der Waals surface area contributed by atoms with E-state index in [1.165, 1.54) is 22.5 Å². The Kier molecular flexibility index (Phi) is 5.68. The first-order valence-corrected chi connectivity index (χ1v) is 9.26. The standard InChI is InChI=1S/C14H18Cl2N2O2S.ClH/c1-18(11-6-9-2-3-10(7-11)17-9)21(19,20)12-4-5-13(15)14(16)8-12;/h4-5,8-11,17H,2-3,6-7H2,1H3;1H. The van der Waals surface area contributed by atoms with E-state index in [-0.39, 0.29) is 28.4 Å². The second-order valence-electron chi connectivity index (χ2n) is 5.86. The maximum absolute atomic E-state index is 12.7. The molecule has 2 bridgehead atoms. The molecular weight excluding hydrogens is 367 g/mol. The fraction of sp³-hybridized carbons (Fsp3) is 0.571. The largest absolute Gasteiger partial charge is 0.311 e. The fourth-order valence-corrected chi connectivity index (χ4v) is 5.09. The summed E-state index contributed by atoms with van der Waals surface area (Å²) in [7, 11) is -1.87. The Balaban J connectivity index is 0.00000176. The molecule has 2 unspecified atom stereocenters. The summed E-state index contributed by atoms with van der Waals surface area (Å²) in [4.78, 5) is 0.199. The van der Waals surface area contributed by atoms with Crippen molar-refractivity contribution in [1.82, 2.24) is 9.62 Å². The van der Waals surface area contributed by atoms with Crippen molar-refractivity contribution in [3.8, 4) is 0 Å². The predicted octanol–water partition coefficient (Wildman–Crippen LogP) is 3.32. The molecular formula is C14H19Cl3N2O2S. The van der Waals surface area contributed by atoms with E-state index >= 15 is 0 Å². The number of benzene rings is 1. The maximum atomic E-state index is 12.7. The highest BCUT2D eigenvalue weighted by molar-refractivity contribution is 7.89. The summed E-state index contributed by atoms with van der Waals surface area (Å²) in [6, 6.07) is 5.39. The number of hydrogen-bond donors (Lipinski definition) is 1. The van der Waals surface area contributed by atoms with Gasteiger partial charge < -0.3 is 5.32 Å². The number of fused-ring (bicyclic) bond motifs is 2. The molecule has 2 atom stereocenters. The Labute approximate surface area is 147 Å². The Bertz CT molecular complexity index is 641. The highest BCUT2D eigenvalue weighted by Gasteiger charge is 2.38. The average molecular weight is 386 g/mol. The summed E-state index contributed by atoms with van der Waals surface area (Å²) in [5.41, 5.74) is 0. The van der Waals surface area contributed by atoms with Crippen LogP contribution in [-0.2, 0) is 10.0 Å². The van der Waals surface area contributed by atoms with E-state index in [0.717, 1.165) is 25.7 Å². The molecule has 1 N–H and O–H groups in total. The van der Waals surface area contributed by atoms with Crippen LogP contribution in [0.25, 0.3) is 0 Å². The number of nitrogens with zero attached hydrogens (tertiary/aromatic N) is 1. The van der Waals surface area contributed by atoms with Gasteiger partial charge in [0.15, 0.2) is 0 Å². The van der Waals surface area contributed by atoms with Gasteiger partial charge in [-0.3, -0.25) is 0 Å². The van der Waals surface area contributed by atoms with Gasteiger partial charge in [-0.05, 0) is 43.9 Å². The molecule has 1 aromatic carbocycles. The van der Waals surface area contributed by atoms with Crippen molar-refractivity contribution in [1.29, 1.82) is 0 Å². The molecule has 0 spiro atoms. The van der Waals surface area contributed by atoms with Gasteiger partial charge in [0.2, 0.25) is 10.0 Å². The van der Waals surface area contributed by atoms with E-state index in [1.54, 1.807) is 7.05 Å². The zero-order chi connectivity index (χ0) is 15.2. The molecule has 4 nitrogen and oxygen atoms in total.